The van der Waals surface area contributed by atoms with Crippen LogP contribution in [-0.4, -0.2) is 24.3 Å². The highest BCUT2D eigenvalue weighted by Gasteiger charge is 2.31. The van der Waals surface area contributed by atoms with Gasteiger partial charge in [0.2, 0.25) is 0 Å². The molecule has 3 aromatic rings. The largest absolute Gasteiger partial charge is 0.493 e. The van der Waals surface area contributed by atoms with E-state index in [-0.39, 0.29) is 11.9 Å². The van der Waals surface area contributed by atoms with E-state index in [1.807, 2.05) is 65.6 Å². The molecule has 1 amide bonds. The number of hydrogen-bond donors (Lipinski definition) is 0. The Bertz CT molecular complexity index is 940. The number of thioether (sulfide) groups is 1. The van der Waals surface area contributed by atoms with Gasteiger partial charge in [-0.3, -0.25) is 4.79 Å². The van der Waals surface area contributed by atoms with Gasteiger partial charge in [-0.2, -0.15) is 0 Å². The van der Waals surface area contributed by atoms with E-state index in [2.05, 4.69) is 25.1 Å². The van der Waals surface area contributed by atoms with Gasteiger partial charge in [-0.25, -0.2) is 0 Å². The molecule has 4 heteroatoms. The van der Waals surface area contributed by atoms with Gasteiger partial charge in [0.1, 0.15) is 5.75 Å². The summed E-state index contributed by atoms with van der Waals surface area (Å²) in [6.45, 7) is 2.73. The van der Waals surface area contributed by atoms with Crippen LogP contribution in [-0.2, 0) is 6.42 Å². The number of amides is 1. The van der Waals surface area contributed by atoms with Crippen molar-refractivity contribution in [2.45, 2.75) is 24.3 Å². The Hall–Kier alpha value is -2.72. The molecule has 0 spiro atoms. The lowest BCUT2D eigenvalue weighted by molar-refractivity contribution is 0.0981. The minimum atomic E-state index is 0.0450. The van der Waals surface area contributed by atoms with Crippen molar-refractivity contribution in [1.82, 2.24) is 0 Å². The van der Waals surface area contributed by atoms with Gasteiger partial charge in [-0.1, -0.05) is 36.4 Å². The van der Waals surface area contributed by atoms with E-state index >= 15 is 0 Å². The zero-order valence-electron chi connectivity index (χ0n) is 15.9. The Morgan fingerprint density at radius 2 is 1.71 bits per heavy atom. The van der Waals surface area contributed by atoms with E-state index in [0.29, 0.717) is 12.2 Å². The number of carbonyl (C=O) groups is 1. The fraction of sp³-hybridized carbons (Fsp3) is 0.208. The SMILES string of the molecule is CC1Cc2ccccc2N1C(=O)c1ccc(OCCSc2ccccc2)cc1. The van der Waals surface area contributed by atoms with E-state index in [4.69, 9.17) is 4.74 Å². The second-order valence-electron chi connectivity index (χ2n) is 6.89. The predicted octanol–water partition coefficient (Wildman–Crippen LogP) is 5.45. The lowest BCUT2D eigenvalue weighted by Crippen LogP contribution is -2.35. The molecule has 1 heterocycles. The Morgan fingerprint density at radius 3 is 2.50 bits per heavy atom. The van der Waals surface area contributed by atoms with Gasteiger partial charge in [0, 0.05) is 27.9 Å². The molecule has 142 valence electrons. The second kappa shape index (κ2) is 8.53. The van der Waals surface area contributed by atoms with Crippen LogP contribution in [0.15, 0.2) is 83.8 Å². The molecule has 0 fully saturated rings. The van der Waals surface area contributed by atoms with Gasteiger partial charge in [-0.15, -0.1) is 11.8 Å². The van der Waals surface area contributed by atoms with E-state index in [1.54, 1.807) is 11.8 Å². The number of nitrogens with zero attached hydrogens (tertiary/aromatic N) is 1. The maximum absolute atomic E-state index is 13.0. The van der Waals surface area contributed by atoms with Gasteiger partial charge >= 0.3 is 0 Å². The maximum Gasteiger partial charge on any atom is 0.258 e. The normalized spacial score (nSPS) is 15.3. The quantitative estimate of drug-likeness (QED) is 0.415. The number of benzene rings is 3. The average Bonchev–Trinajstić information content (AvgIpc) is 3.07. The van der Waals surface area contributed by atoms with Gasteiger partial charge in [0.15, 0.2) is 0 Å². The molecule has 1 aliphatic heterocycles. The summed E-state index contributed by atoms with van der Waals surface area (Å²) in [7, 11) is 0. The molecule has 0 aromatic heterocycles. The molecule has 0 radical (unpaired) electrons. The molecule has 28 heavy (non-hydrogen) atoms. The fourth-order valence-electron chi connectivity index (χ4n) is 3.54. The Kier molecular flexibility index (Phi) is 5.68. The lowest BCUT2D eigenvalue weighted by Gasteiger charge is -2.23. The van der Waals surface area contributed by atoms with Crippen molar-refractivity contribution in [1.29, 1.82) is 0 Å². The van der Waals surface area contributed by atoms with Crippen molar-refractivity contribution in [3.8, 4) is 5.75 Å². The van der Waals surface area contributed by atoms with E-state index < -0.39 is 0 Å². The molecule has 0 bridgehead atoms. The molecule has 1 unspecified atom stereocenters. The van der Waals surface area contributed by atoms with Gasteiger partial charge < -0.3 is 9.64 Å². The molecule has 0 aliphatic carbocycles. The maximum atomic E-state index is 13.0. The third-order valence-corrected chi connectivity index (χ3v) is 5.87. The molecule has 3 aromatic carbocycles. The number of carbonyl (C=O) groups excluding carboxylic acids is 1. The summed E-state index contributed by atoms with van der Waals surface area (Å²) < 4.78 is 5.82. The molecule has 0 saturated carbocycles. The van der Waals surface area contributed by atoms with E-state index in [9.17, 15) is 4.79 Å². The van der Waals surface area contributed by atoms with Crippen LogP contribution in [0.2, 0.25) is 0 Å². The number of hydrogen-bond acceptors (Lipinski definition) is 3. The predicted molar refractivity (Wildman–Crippen MR) is 116 cm³/mol. The molecule has 0 N–H and O–H groups in total. The lowest BCUT2D eigenvalue weighted by atomic mass is 10.1. The number of ether oxygens (including phenoxy) is 1. The first-order valence-electron chi connectivity index (χ1n) is 9.54. The third kappa shape index (κ3) is 4.07. The van der Waals surface area contributed by atoms with E-state index in [1.165, 1.54) is 10.5 Å². The summed E-state index contributed by atoms with van der Waals surface area (Å²) in [6.07, 6.45) is 0.905. The highest BCUT2D eigenvalue weighted by molar-refractivity contribution is 7.99. The fourth-order valence-corrected chi connectivity index (χ4v) is 4.30. The molecule has 1 aliphatic rings. The zero-order valence-corrected chi connectivity index (χ0v) is 16.7. The first-order chi connectivity index (χ1) is 13.7. The highest BCUT2D eigenvalue weighted by atomic mass is 32.2. The molecule has 4 rings (SSSR count). The second-order valence-corrected chi connectivity index (χ2v) is 8.06. The first kappa shape index (κ1) is 18.6. The van der Waals surface area contributed by atoms with Crippen molar-refractivity contribution in [2.24, 2.45) is 0 Å². The zero-order chi connectivity index (χ0) is 19.3. The van der Waals surface area contributed by atoms with Crippen LogP contribution in [0.25, 0.3) is 0 Å². The van der Waals surface area contributed by atoms with Crippen LogP contribution >= 0.6 is 11.8 Å². The summed E-state index contributed by atoms with van der Waals surface area (Å²) >= 11 is 1.77. The summed E-state index contributed by atoms with van der Waals surface area (Å²) in [5, 5.41) is 0. The molecule has 1 atom stereocenters. The number of para-hydroxylation sites is 1. The Labute approximate surface area is 170 Å². The standard InChI is InChI=1S/C24H23NO2S/c1-18-17-20-7-5-6-10-23(20)25(18)24(26)19-11-13-21(14-12-19)27-15-16-28-22-8-3-2-4-9-22/h2-14,18H,15-17H2,1H3. The smallest absolute Gasteiger partial charge is 0.258 e. The van der Waals surface area contributed by atoms with Crippen molar-refractivity contribution < 1.29 is 9.53 Å². The number of fused-ring (bicyclic) bond motifs is 1. The average molecular weight is 390 g/mol. The van der Waals surface area contributed by atoms with Gasteiger partial charge in [0.25, 0.3) is 5.91 Å². The van der Waals surface area contributed by atoms with Crippen LogP contribution in [0, 0.1) is 0 Å². The molecule has 0 saturated heterocycles. The van der Waals surface area contributed by atoms with Crippen molar-refractivity contribution in [3.05, 3.63) is 90.0 Å². The Morgan fingerprint density at radius 1 is 1.00 bits per heavy atom. The molecular formula is C24H23NO2S. The Balaban J connectivity index is 1.35. The topological polar surface area (TPSA) is 29.5 Å². The highest BCUT2D eigenvalue weighted by Crippen LogP contribution is 2.33. The van der Waals surface area contributed by atoms with Crippen LogP contribution < -0.4 is 9.64 Å². The van der Waals surface area contributed by atoms with Gasteiger partial charge in [0.05, 0.1) is 6.61 Å². The summed E-state index contributed by atoms with van der Waals surface area (Å²) in [5.74, 6) is 1.72. The van der Waals surface area contributed by atoms with Crippen molar-refractivity contribution in [2.75, 3.05) is 17.3 Å². The van der Waals surface area contributed by atoms with Crippen LogP contribution in [0.3, 0.4) is 0 Å². The number of rotatable bonds is 6. The minimum absolute atomic E-state index is 0.0450. The summed E-state index contributed by atoms with van der Waals surface area (Å²) in [6, 6.07) is 26.1. The summed E-state index contributed by atoms with van der Waals surface area (Å²) in [5.41, 5.74) is 2.95. The van der Waals surface area contributed by atoms with Gasteiger partial charge in [-0.05, 0) is 61.4 Å². The molecule has 3 nitrogen and oxygen atoms in total. The van der Waals surface area contributed by atoms with Crippen LogP contribution in [0.5, 0.6) is 5.75 Å². The van der Waals surface area contributed by atoms with Crippen molar-refractivity contribution >= 4 is 23.4 Å². The summed E-state index contributed by atoms with van der Waals surface area (Å²) in [4.78, 5) is 16.2. The minimum Gasteiger partial charge on any atom is -0.493 e. The first-order valence-corrected chi connectivity index (χ1v) is 10.5. The third-order valence-electron chi connectivity index (χ3n) is 4.89. The van der Waals surface area contributed by atoms with Crippen LogP contribution in [0.4, 0.5) is 5.69 Å². The van der Waals surface area contributed by atoms with E-state index in [0.717, 1.165) is 23.6 Å². The monoisotopic (exact) mass is 389 g/mol. The van der Waals surface area contributed by atoms with Crippen molar-refractivity contribution in [3.63, 3.8) is 0 Å². The number of anilines is 1. The van der Waals surface area contributed by atoms with Crippen LogP contribution in [0.1, 0.15) is 22.8 Å². The molecular weight excluding hydrogens is 366 g/mol.